The molecular formula is C20H24O4S. The fraction of sp³-hybridized carbons (Fsp3) is 0.400. The third kappa shape index (κ3) is 3.07. The smallest absolute Gasteiger partial charge is 0.294 e. The number of benzene rings is 2. The highest BCUT2D eigenvalue weighted by Crippen LogP contribution is 2.48. The van der Waals surface area contributed by atoms with E-state index in [0.717, 1.165) is 28.0 Å². The highest BCUT2D eigenvalue weighted by molar-refractivity contribution is 7.85. The fourth-order valence-electron chi connectivity index (χ4n) is 3.52. The average Bonchev–Trinajstić information content (AvgIpc) is 2.92. The lowest BCUT2D eigenvalue weighted by Gasteiger charge is -2.17. The average molecular weight is 360 g/mol. The lowest BCUT2D eigenvalue weighted by Crippen LogP contribution is -2.07. The summed E-state index contributed by atoms with van der Waals surface area (Å²) in [5.41, 5.74) is 5.55. The number of ether oxygens (including phenoxy) is 1. The van der Waals surface area contributed by atoms with Crippen LogP contribution in [0.25, 0.3) is 11.1 Å². The van der Waals surface area contributed by atoms with Crippen LogP contribution in [-0.2, 0) is 23.0 Å². The Morgan fingerprint density at radius 1 is 1.20 bits per heavy atom. The molecule has 0 amide bonds. The van der Waals surface area contributed by atoms with Crippen molar-refractivity contribution in [2.45, 2.75) is 51.3 Å². The molecule has 25 heavy (non-hydrogen) atoms. The number of aryl methyl sites for hydroxylation is 1. The Morgan fingerprint density at radius 3 is 2.48 bits per heavy atom. The number of fused-ring (bicyclic) bond motifs is 3. The molecule has 4 nitrogen and oxygen atoms in total. The molecule has 0 saturated heterocycles. The summed E-state index contributed by atoms with van der Waals surface area (Å²) >= 11 is 0. The number of hydrogen-bond donors (Lipinski definition) is 1. The minimum absolute atomic E-state index is 0.00472. The van der Waals surface area contributed by atoms with Crippen molar-refractivity contribution < 1.29 is 17.7 Å². The molecular weight excluding hydrogens is 336 g/mol. The Bertz CT molecular complexity index is 927. The van der Waals surface area contributed by atoms with Gasteiger partial charge in [-0.3, -0.25) is 4.55 Å². The van der Waals surface area contributed by atoms with Crippen LogP contribution in [0.4, 0.5) is 0 Å². The minimum atomic E-state index is -4.29. The molecule has 0 aromatic heterocycles. The molecule has 0 unspecified atom stereocenters. The van der Waals surface area contributed by atoms with E-state index in [9.17, 15) is 13.0 Å². The first-order valence-electron chi connectivity index (χ1n) is 8.70. The Balaban J connectivity index is 2.37. The molecule has 0 heterocycles. The summed E-state index contributed by atoms with van der Waals surface area (Å²) in [4.78, 5) is 0.00472. The molecule has 1 N–H and O–H groups in total. The topological polar surface area (TPSA) is 63.6 Å². The Kier molecular flexibility index (Phi) is 4.64. The zero-order valence-electron chi connectivity index (χ0n) is 15.1. The minimum Gasteiger partial charge on any atom is -0.493 e. The van der Waals surface area contributed by atoms with Gasteiger partial charge in [-0.2, -0.15) is 8.42 Å². The molecule has 0 bridgehead atoms. The molecule has 2 aromatic rings. The molecule has 5 heteroatoms. The molecule has 3 rings (SSSR count). The molecule has 0 spiro atoms. The standard InChI is InChI=1S/C20H24O4S/c1-5-13-11-18(25(21,22)23)17-10-15-8-7-14(12(3)4)9-16(15)19(17)20(13)24-6-2/h7-9,11-12H,5-6,10H2,1-4H3,(H,21,22,23). The third-order valence-corrected chi connectivity index (χ3v) is 5.73. The van der Waals surface area contributed by atoms with Gasteiger partial charge in [0, 0.05) is 12.0 Å². The molecule has 0 fully saturated rings. The van der Waals surface area contributed by atoms with E-state index < -0.39 is 10.1 Å². The molecule has 134 valence electrons. The second-order valence-electron chi connectivity index (χ2n) is 6.73. The van der Waals surface area contributed by atoms with Gasteiger partial charge in [0.05, 0.1) is 11.5 Å². The van der Waals surface area contributed by atoms with Crippen LogP contribution in [0.2, 0.25) is 0 Å². The van der Waals surface area contributed by atoms with Crippen molar-refractivity contribution in [3.05, 3.63) is 46.5 Å². The second kappa shape index (κ2) is 6.46. The Hall–Kier alpha value is -1.85. The summed E-state index contributed by atoms with van der Waals surface area (Å²) in [5.74, 6) is 1.12. The van der Waals surface area contributed by atoms with E-state index in [0.29, 0.717) is 30.9 Å². The van der Waals surface area contributed by atoms with Gasteiger partial charge in [-0.15, -0.1) is 0 Å². The quantitative estimate of drug-likeness (QED) is 0.676. The van der Waals surface area contributed by atoms with E-state index in [1.807, 2.05) is 13.8 Å². The molecule has 0 radical (unpaired) electrons. The molecule has 1 aliphatic carbocycles. The summed E-state index contributed by atoms with van der Waals surface area (Å²) in [7, 11) is -4.29. The summed E-state index contributed by atoms with van der Waals surface area (Å²) < 4.78 is 39.6. The van der Waals surface area contributed by atoms with E-state index in [1.54, 1.807) is 6.07 Å². The maximum absolute atomic E-state index is 12.0. The third-order valence-electron chi connectivity index (χ3n) is 4.81. The second-order valence-corrected chi connectivity index (χ2v) is 8.12. The van der Waals surface area contributed by atoms with Crippen molar-refractivity contribution in [1.82, 2.24) is 0 Å². The van der Waals surface area contributed by atoms with Crippen LogP contribution >= 0.6 is 0 Å². The van der Waals surface area contributed by atoms with Crippen molar-refractivity contribution in [1.29, 1.82) is 0 Å². The van der Waals surface area contributed by atoms with Crippen LogP contribution in [0.15, 0.2) is 29.2 Å². The van der Waals surface area contributed by atoms with Crippen molar-refractivity contribution >= 4 is 10.1 Å². The fourth-order valence-corrected chi connectivity index (χ4v) is 4.30. The molecule has 0 atom stereocenters. The summed E-state index contributed by atoms with van der Waals surface area (Å²) in [5, 5.41) is 0. The van der Waals surface area contributed by atoms with Gasteiger partial charge in [0.25, 0.3) is 10.1 Å². The van der Waals surface area contributed by atoms with Gasteiger partial charge in [0.15, 0.2) is 0 Å². The SMILES string of the molecule is CCOc1c(CC)cc(S(=O)(=O)O)c2c1-c1cc(C(C)C)ccc1C2. The highest BCUT2D eigenvalue weighted by Gasteiger charge is 2.31. The van der Waals surface area contributed by atoms with Gasteiger partial charge in [-0.05, 0) is 53.1 Å². The predicted octanol–water partition coefficient (Wildman–Crippen LogP) is 4.59. The van der Waals surface area contributed by atoms with Gasteiger partial charge in [0.2, 0.25) is 0 Å². The zero-order chi connectivity index (χ0) is 18.4. The van der Waals surface area contributed by atoms with Crippen LogP contribution < -0.4 is 4.74 Å². The lowest BCUT2D eigenvalue weighted by atomic mass is 9.95. The molecule has 0 saturated carbocycles. The summed E-state index contributed by atoms with van der Waals surface area (Å²) in [6.45, 7) is 8.64. The monoisotopic (exact) mass is 360 g/mol. The van der Waals surface area contributed by atoms with Crippen molar-refractivity contribution in [3.63, 3.8) is 0 Å². The zero-order valence-corrected chi connectivity index (χ0v) is 15.9. The first kappa shape index (κ1) is 18.0. The maximum Gasteiger partial charge on any atom is 0.294 e. The first-order valence-corrected chi connectivity index (χ1v) is 10.1. The van der Waals surface area contributed by atoms with Crippen molar-refractivity contribution in [2.75, 3.05) is 6.61 Å². The predicted molar refractivity (Wildman–Crippen MR) is 99.1 cm³/mol. The largest absolute Gasteiger partial charge is 0.493 e. The Labute approximate surface area is 149 Å². The summed E-state index contributed by atoms with van der Waals surface area (Å²) in [6.07, 6.45) is 1.12. The normalized spacial score (nSPS) is 13.0. The van der Waals surface area contributed by atoms with Crippen molar-refractivity contribution in [3.8, 4) is 16.9 Å². The van der Waals surface area contributed by atoms with Crippen LogP contribution in [0, 0.1) is 0 Å². The van der Waals surface area contributed by atoms with Gasteiger partial charge in [-0.1, -0.05) is 39.0 Å². The van der Waals surface area contributed by atoms with Crippen LogP contribution in [0.1, 0.15) is 55.9 Å². The van der Waals surface area contributed by atoms with E-state index in [4.69, 9.17) is 4.74 Å². The van der Waals surface area contributed by atoms with E-state index in [1.165, 1.54) is 5.56 Å². The van der Waals surface area contributed by atoms with Gasteiger partial charge in [-0.25, -0.2) is 0 Å². The number of hydrogen-bond acceptors (Lipinski definition) is 3. The molecule has 1 aliphatic rings. The van der Waals surface area contributed by atoms with Crippen LogP contribution in [0.5, 0.6) is 5.75 Å². The Morgan fingerprint density at radius 2 is 1.92 bits per heavy atom. The van der Waals surface area contributed by atoms with Crippen LogP contribution in [0.3, 0.4) is 0 Å². The first-order chi connectivity index (χ1) is 11.8. The number of rotatable bonds is 5. The van der Waals surface area contributed by atoms with Gasteiger partial charge < -0.3 is 4.74 Å². The van der Waals surface area contributed by atoms with E-state index in [2.05, 4.69) is 32.0 Å². The van der Waals surface area contributed by atoms with Gasteiger partial charge in [0.1, 0.15) is 5.75 Å². The molecule has 0 aliphatic heterocycles. The lowest BCUT2D eigenvalue weighted by molar-refractivity contribution is 0.338. The maximum atomic E-state index is 12.0. The highest BCUT2D eigenvalue weighted by atomic mass is 32.2. The van der Waals surface area contributed by atoms with Crippen molar-refractivity contribution in [2.24, 2.45) is 0 Å². The molecule has 2 aromatic carbocycles. The van der Waals surface area contributed by atoms with E-state index in [-0.39, 0.29) is 4.90 Å². The summed E-state index contributed by atoms with van der Waals surface area (Å²) in [6, 6.07) is 7.83. The van der Waals surface area contributed by atoms with Gasteiger partial charge >= 0.3 is 0 Å². The van der Waals surface area contributed by atoms with E-state index >= 15 is 0 Å². The van der Waals surface area contributed by atoms with Crippen LogP contribution in [-0.4, -0.2) is 19.6 Å².